The molecule has 1 rings (SSSR count). The SMILES string of the molecule is COc1ccc(CC(C)NCC(C)(C)N(C)C)cc1OC. The first-order chi connectivity index (χ1) is 9.80. The third-order valence-corrected chi connectivity index (χ3v) is 4.08. The van der Waals surface area contributed by atoms with Crippen molar-refractivity contribution in [2.75, 3.05) is 34.9 Å². The molecule has 1 aromatic carbocycles. The number of ether oxygens (including phenoxy) is 2. The van der Waals surface area contributed by atoms with E-state index in [1.54, 1.807) is 14.2 Å². The minimum Gasteiger partial charge on any atom is -0.493 e. The predicted molar refractivity (Wildman–Crippen MR) is 88.5 cm³/mol. The lowest BCUT2D eigenvalue weighted by molar-refractivity contribution is 0.185. The second-order valence-electron chi connectivity index (χ2n) is 6.38. The molecule has 1 atom stereocenters. The summed E-state index contributed by atoms with van der Waals surface area (Å²) in [5.74, 6) is 1.56. The van der Waals surface area contributed by atoms with E-state index in [0.717, 1.165) is 24.5 Å². The van der Waals surface area contributed by atoms with Crippen LogP contribution < -0.4 is 14.8 Å². The van der Waals surface area contributed by atoms with Gasteiger partial charge in [0.2, 0.25) is 0 Å². The summed E-state index contributed by atoms with van der Waals surface area (Å²) in [7, 11) is 7.55. The molecule has 0 spiro atoms. The molecule has 0 aliphatic carbocycles. The third-order valence-electron chi connectivity index (χ3n) is 4.08. The van der Waals surface area contributed by atoms with Gasteiger partial charge in [-0.3, -0.25) is 0 Å². The van der Waals surface area contributed by atoms with Gasteiger partial charge in [0, 0.05) is 18.1 Å². The van der Waals surface area contributed by atoms with Crippen molar-refractivity contribution < 1.29 is 9.47 Å². The molecule has 0 saturated carbocycles. The number of hydrogen-bond donors (Lipinski definition) is 1. The van der Waals surface area contributed by atoms with Crippen LogP contribution in [0.3, 0.4) is 0 Å². The van der Waals surface area contributed by atoms with Gasteiger partial charge in [0.15, 0.2) is 11.5 Å². The van der Waals surface area contributed by atoms with E-state index in [1.165, 1.54) is 5.56 Å². The maximum absolute atomic E-state index is 5.35. The fourth-order valence-corrected chi connectivity index (χ4v) is 2.02. The van der Waals surface area contributed by atoms with Crippen LogP contribution in [0, 0.1) is 0 Å². The second-order valence-corrected chi connectivity index (χ2v) is 6.38. The topological polar surface area (TPSA) is 33.7 Å². The molecular formula is C17H30N2O2. The Morgan fingerprint density at radius 2 is 1.76 bits per heavy atom. The standard InChI is InChI=1S/C17H30N2O2/c1-13(18-12-17(2,3)19(4)5)10-14-8-9-15(20-6)16(11-14)21-7/h8-9,11,13,18H,10,12H2,1-7H3. The van der Waals surface area contributed by atoms with Crippen molar-refractivity contribution in [2.24, 2.45) is 0 Å². The second kappa shape index (κ2) is 7.66. The molecule has 0 fully saturated rings. The molecule has 0 bridgehead atoms. The molecule has 1 aromatic rings. The number of nitrogens with zero attached hydrogens (tertiary/aromatic N) is 1. The maximum Gasteiger partial charge on any atom is 0.160 e. The molecule has 1 N–H and O–H groups in total. The van der Waals surface area contributed by atoms with Gasteiger partial charge < -0.3 is 19.7 Å². The predicted octanol–water partition coefficient (Wildman–Crippen LogP) is 2.56. The minimum atomic E-state index is 0.145. The van der Waals surface area contributed by atoms with Crippen LogP contribution in [0.4, 0.5) is 0 Å². The summed E-state index contributed by atoms with van der Waals surface area (Å²) in [6.45, 7) is 7.64. The summed E-state index contributed by atoms with van der Waals surface area (Å²) in [6, 6.07) is 6.51. The van der Waals surface area contributed by atoms with Gasteiger partial charge in [0.05, 0.1) is 14.2 Å². The summed E-state index contributed by atoms with van der Waals surface area (Å²) < 4.78 is 10.6. The summed E-state index contributed by atoms with van der Waals surface area (Å²) in [5.41, 5.74) is 1.39. The van der Waals surface area contributed by atoms with Crippen molar-refractivity contribution in [3.8, 4) is 11.5 Å². The summed E-state index contributed by atoms with van der Waals surface area (Å²) in [5, 5.41) is 3.61. The van der Waals surface area contributed by atoms with E-state index in [-0.39, 0.29) is 5.54 Å². The Bertz CT molecular complexity index is 444. The van der Waals surface area contributed by atoms with E-state index < -0.39 is 0 Å². The summed E-state index contributed by atoms with van der Waals surface area (Å²) >= 11 is 0. The Labute approximate surface area is 129 Å². The van der Waals surface area contributed by atoms with Gasteiger partial charge >= 0.3 is 0 Å². The molecule has 1 unspecified atom stereocenters. The van der Waals surface area contributed by atoms with Crippen LogP contribution in [0.2, 0.25) is 0 Å². The normalized spacial score (nSPS) is 13.3. The van der Waals surface area contributed by atoms with Crippen molar-refractivity contribution in [1.82, 2.24) is 10.2 Å². The quantitative estimate of drug-likeness (QED) is 0.799. The zero-order chi connectivity index (χ0) is 16.0. The minimum absolute atomic E-state index is 0.145. The molecule has 0 aliphatic heterocycles. The first-order valence-electron chi connectivity index (χ1n) is 7.42. The molecule has 120 valence electrons. The maximum atomic E-state index is 5.35. The van der Waals surface area contributed by atoms with Crippen LogP contribution in [0.25, 0.3) is 0 Å². The molecule has 0 aliphatic rings. The highest BCUT2D eigenvalue weighted by atomic mass is 16.5. The monoisotopic (exact) mass is 294 g/mol. The number of likely N-dealkylation sites (N-methyl/N-ethyl adjacent to an activating group) is 1. The van der Waals surface area contributed by atoms with Gasteiger partial charge in [0.25, 0.3) is 0 Å². The number of nitrogens with one attached hydrogen (secondary N) is 1. The van der Waals surface area contributed by atoms with Gasteiger partial charge in [-0.2, -0.15) is 0 Å². The van der Waals surface area contributed by atoms with Gasteiger partial charge in [-0.05, 0) is 59.0 Å². The molecule has 0 amide bonds. The van der Waals surface area contributed by atoms with Crippen LogP contribution in [0.1, 0.15) is 26.3 Å². The highest BCUT2D eigenvalue weighted by molar-refractivity contribution is 5.43. The molecule has 4 nitrogen and oxygen atoms in total. The number of benzene rings is 1. The Kier molecular flexibility index (Phi) is 6.49. The molecule has 0 saturated heterocycles. The van der Waals surface area contributed by atoms with Crippen molar-refractivity contribution in [1.29, 1.82) is 0 Å². The average molecular weight is 294 g/mol. The van der Waals surface area contributed by atoms with E-state index in [2.05, 4.69) is 51.1 Å². The van der Waals surface area contributed by atoms with E-state index in [1.807, 2.05) is 12.1 Å². The fraction of sp³-hybridized carbons (Fsp3) is 0.647. The molecule has 21 heavy (non-hydrogen) atoms. The number of methoxy groups -OCH3 is 2. The lowest BCUT2D eigenvalue weighted by Gasteiger charge is -2.34. The zero-order valence-corrected chi connectivity index (χ0v) is 14.5. The van der Waals surface area contributed by atoms with Crippen LogP contribution >= 0.6 is 0 Å². The van der Waals surface area contributed by atoms with Crippen LogP contribution in [0.5, 0.6) is 11.5 Å². The van der Waals surface area contributed by atoms with Crippen LogP contribution in [0.15, 0.2) is 18.2 Å². The summed E-state index contributed by atoms with van der Waals surface area (Å²) in [6.07, 6.45) is 0.962. The Hall–Kier alpha value is -1.26. The van der Waals surface area contributed by atoms with Crippen molar-refractivity contribution in [3.63, 3.8) is 0 Å². The van der Waals surface area contributed by atoms with E-state index in [0.29, 0.717) is 6.04 Å². The first kappa shape index (κ1) is 17.8. The number of rotatable bonds is 8. The molecule has 0 radical (unpaired) electrons. The third kappa shape index (κ3) is 5.21. The average Bonchev–Trinajstić information content (AvgIpc) is 2.45. The summed E-state index contributed by atoms with van der Waals surface area (Å²) in [4.78, 5) is 2.24. The fourth-order valence-electron chi connectivity index (χ4n) is 2.02. The first-order valence-corrected chi connectivity index (χ1v) is 7.42. The number of hydrogen-bond acceptors (Lipinski definition) is 4. The highest BCUT2D eigenvalue weighted by Crippen LogP contribution is 2.28. The van der Waals surface area contributed by atoms with Gasteiger partial charge in [-0.1, -0.05) is 6.07 Å². The molecule has 0 heterocycles. The van der Waals surface area contributed by atoms with Crippen molar-refractivity contribution >= 4 is 0 Å². The molecule has 4 heteroatoms. The van der Waals surface area contributed by atoms with E-state index in [9.17, 15) is 0 Å². The smallest absolute Gasteiger partial charge is 0.160 e. The van der Waals surface area contributed by atoms with Crippen LogP contribution in [-0.2, 0) is 6.42 Å². The molecule has 0 aromatic heterocycles. The van der Waals surface area contributed by atoms with E-state index >= 15 is 0 Å². The van der Waals surface area contributed by atoms with Gasteiger partial charge in [-0.15, -0.1) is 0 Å². The van der Waals surface area contributed by atoms with Crippen LogP contribution in [-0.4, -0.2) is 51.3 Å². The highest BCUT2D eigenvalue weighted by Gasteiger charge is 2.20. The Morgan fingerprint density at radius 1 is 1.14 bits per heavy atom. The molecular weight excluding hydrogens is 264 g/mol. The Balaban J connectivity index is 2.61. The van der Waals surface area contributed by atoms with Gasteiger partial charge in [0.1, 0.15) is 0 Å². The zero-order valence-electron chi connectivity index (χ0n) is 14.5. The Morgan fingerprint density at radius 3 is 2.29 bits per heavy atom. The van der Waals surface area contributed by atoms with Crippen molar-refractivity contribution in [2.45, 2.75) is 38.8 Å². The van der Waals surface area contributed by atoms with Crippen molar-refractivity contribution in [3.05, 3.63) is 23.8 Å². The van der Waals surface area contributed by atoms with E-state index in [4.69, 9.17) is 9.47 Å². The lowest BCUT2D eigenvalue weighted by Crippen LogP contribution is -2.49. The largest absolute Gasteiger partial charge is 0.493 e. The lowest BCUT2D eigenvalue weighted by atomic mass is 10.0. The van der Waals surface area contributed by atoms with Gasteiger partial charge in [-0.25, -0.2) is 0 Å².